The molecule has 3 aromatic rings. The van der Waals surface area contributed by atoms with Crippen molar-refractivity contribution in [2.45, 2.75) is 57.2 Å². The van der Waals surface area contributed by atoms with Gasteiger partial charge in [0.2, 0.25) is 5.95 Å². The zero-order valence-electron chi connectivity index (χ0n) is 21.4. The molecule has 3 N–H and O–H groups in total. The van der Waals surface area contributed by atoms with E-state index in [9.17, 15) is 8.42 Å². The molecule has 3 fully saturated rings. The van der Waals surface area contributed by atoms with E-state index in [2.05, 4.69) is 26.9 Å². The number of piperidine rings is 2. The largest absolute Gasteiger partial charge is 0.497 e. The monoisotopic (exact) mass is 537 g/mol. The summed E-state index contributed by atoms with van der Waals surface area (Å²) in [5, 5.41) is 23.9. The summed E-state index contributed by atoms with van der Waals surface area (Å²) in [6.45, 7) is 2.51. The predicted octanol–water partition coefficient (Wildman–Crippen LogP) is 2.91. The number of benzene rings is 1. The van der Waals surface area contributed by atoms with E-state index in [1.807, 2.05) is 31.2 Å². The molecule has 2 atom stereocenters. The first-order valence-corrected chi connectivity index (χ1v) is 14.3. The van der Waals surface area contributed by atoms with Crippen molar-refractivity contribution in [1.82, 2.24) is 28.8 Å². The Hall–Kier alpha value is -3.47. The smallest absolute Gasteiger partial charge is 0.282 e. The number of ether oxygens (including phenoxy) is 1. The Morgan fingerprint density at radius 1 is 1.16 bits per heavy atom. The van der Waals surface area contributed by atoms with Gasteiger partial charge < -0.3 is 15.4 Å². The second-order valence-electron chi connectivity index (χ2n) is 10.4. The first-order chi connectivity index (χ1) is 18.3. The molecule has 0 saturated carbocycles. The van der Waals surface area contributed by atoms with E-state index in [1.54, 1.807) is 11.4 Å². The molecule has 1 aromatic carbocycles. The van der Waals surface area contributed by atoms with Crippen LogP contribution in [0.3, 0.4) is 0 Å². The standard InChI is InChI=1S/C25H31N9O3S/c1-15-8-23(32-31-15)29-24-21-7-6-20(37-2)11-22(21)28-25(30-24)27-17-9-18-4-3-5-19(10-17)34(18)38(35,36)33-13-16(12-26)14-33/h6-8,11,16-19H,3-5,9-10,13-14H2,1-2H3,(H3,27,28,29,30,31,32). The number of hydrogen-bond acceptors (Lipinski definition) is 9. The SMILES string of the molecule is COc1ccc2c(Nc3cc(C)[nH]n3)nc(NC3CC4CCCC(C3)N4S(=O)(=O)N3CC(C#N)C3)nc2c1. The van der Waals surface area contributed by atoms with E-state index < -0.39 is 10.2 Å². The molecule has 2 aromatic heterocycles. The van der Waals surface area contributed by atoms with Crippen LogP contribution in [0.2, 0.25) is 0 Å². The van der Waals surface area contributed by atoms with Crippen molar-refractivity contribution in [3.63, 3.8) is 0 Å². The van der Waals surface area contributed by atoms with Gasteiger partial charge >= 0.3 is 0 Å². The summed E-state index contributed by atoms with van der Waals surface area (Å²) in [7, 11) is -1.96. The number of aryl methyl sites for hydroxylation is 1. The molecular formula is C25H31N9O3S. The lowest BCUT2D eigenvalue weighted by molar-refractivity contribution is 0.0983. The maximum absolute atomic E-state index is 13.4. The van der Waals surface area contributed by atoms with E-state index >= 15 is 0 Å². The molecule has 38 heavy (non-hydrogen) atoms. The molecule has 200 valence electrons. The molecule has 3 aliphatic rings. The average molecular weight is 538 g/mol. The number of hydrogen-bond donors (Lipinski definition) is 3. The minimum absolute atomic E-state index is 0.0310. The van der Waals surface area contributed by atoms with E-state index in [4.69, 9.17) is 20.0 Å². The molecular weight excluding hydrogens is 506 g/mol. The number of aromatic nitrogens is 4. The third kappa shape index (κ3) is 4.53. The van der Waals surface area contributed by atoms with E-state index in [0.29, 0.717) is 36.2 Å². The van der Waals surface area contributed by atoms with Crippen molar-refractivity contribution < 1.29 is 13.2 Å². The second-order valence-corrected chi connectivity index (χ2v) is 12.2. The van der Waals surface area contributed by atoms with Gasteiger partial charge in [0, 0.05) is 54.4 Å². The van der Waals surface area contributed by atoms with E-state index in [-0.39, 0.29) is 37.1 Å². The van der Waals surface area contributed by atoms with Gasteiger partial charge in [-0.3, -0.25) is 5.10 Å². The van der Waals surface area contributed by atoms with Gasteiger partial charge in [-0.25, -0.2) is 4.98 Å². The molecule has 0 spiro atoms. The summed E-state index contributed by atoms with van der Waals surface area (Å²) in [5.41, 5.74) is 1.65. The van der Waals surface area contributed by atoms with Gasteiger partial charge in [0.15, 0.2) is 5.82 Å². The number of fused-ring (bicyclic) bond motifs is 3. The van der Waals surface area contributed by atoms with Gasteiger partial charge in [-0.1, -0.05) is 6.42 Å². The van der Waals surface area contributed by atoms with Crippen LogP contribution in [0, 0.1) is 24.2 Å². The Morgan fingerprint density at radius 3 is 2.58 bits per heavy atom. The Morgan fingerprint density at radius 2 is 1.92 bits per heavy atom. The van der Waals surface area contributed by atoms with Crippen LogP contribution in [0.1, 0.15) is 37.8 Å². The molecule has 0 radical (unpaired) electrons. The summed E-state index contributed by atoms with van der Waals surface area (Å²) >= 11 is 0. The van der Waals surface area contributed by atoms with Crippen molar-refractivity contribution >= 4 is 38.7 Å². The fourth-order valence-corrected chi connectivity index (χ4v) is 8.00. The summed E-state index contributed by atoms with van der Waals surface area (Å²) in [4.78, 5) is 9.56. The Bertz CT molecular complexity index is 1480. The second kappa shape index (κ2) is 9.68. The summed E-state index contributed by atoms with van der Waals surface area (Å²) in [5.74, 6) is 2.24. The average Bonchev–Trinajstić information content (AvgIpc) is 3.26. The molecule has 3 saturated heterocycles. The number of aromatic amines is 1. The van der Waals surface area contributed by atoms with Gasteiger partial charge in [0.25, 0.3) is 10.2 Å². The van der Waals surface area contributed by atoms with Crippen LogP contribution >= 0.6 is 0 Å². The summed E-state index contributed by atoms with van der Waals surface area (Å²) in [6.07, 6.45) is 4.01. The molecule has 5 heterocycles. The fraction of sp³-hybridized carbons (Fsp3) is 0.520. The molecule has 0 aliphatic carbocycles. The predicted molar refractivity (Wildman–Crippen MR) is 142 cm³/mol. The van der Waals surface area contributed by atoms with E-state index in [1.165, 1.54) is 4.31 Å². The number of nitrogens with zero attached hydrogens (tertiary/aromatic N) is 6. The topological polar surface area (TPSA) is 152 Å². The van der Waals surface area contributed by atoms with Gasteiger partial charge in [-0.2, -0.15) is 32.4 Å². The lowest BCUT2D eigenvalue weighted by Gasteiger charge is -2.50. The minimum Gasteiger partial charge on any atom is -0.497 e. The van der Waals surface area contributed by atoms with Crippen LogP contribution in [0.25, 0.3) is 10.9 Å². The third-order valence-electron chi connectivity index (χ3n) is 7.72. The van der Waals surface area contributed by atoms with Crippen molar-refractivity contribution in [2.24, 2.45) is 5.92 Å². The first-order valence-electron chi connectivity index (χ1n) is 12.9. The number of nitrogens with one attached hydrogen (secondary N) is 3. The van der Waals surface area contributed by atoms with Crippen LogP contribution in [0.5, 0.6) is 5.75 Å². The molecule has 3 aliphatic heterocycles. The van der Waals surface area contributed by atoms with Gasteiger partial charge in [0.1, 0.15) is 11.6 Å². The minimum atomic E-state index is -3.58. The van der Waals surface area contributed by atoms with Crippen molar-refractivity contribution in [1.29, 1.82) is 5.26 Å². The quantitative estimate of drug-likeness (QED) is 0.413. The number of methoxy groups -OCH3 is 1. The highest BCUT2D eigenvalue weighted by molar-refractivity contribution is 7.86. The molecule has 6 rings (SSSR count). The van der Waals surface area contributed by atoms with Crippen molar-refractivity contribution in [2.75, 3.05) is 30.8 Å². The summed E-state index contributed by atoms with van der Waals surface area (Å²) < 4.78 is 35.4. The Kier molecular flexibility index (Phi) is 6.33. The number of rotatable bonds is 7. The van der Waals surface area contributed by atoms with Gasteiger partial charge in [-0.15, -0.1) is 0 Å². The molecule has 13 heteroatoms. The number of nitriles is 1. The number of anilines is 3. The van der Waals surface area contributed by atoms with E-state index in [0.717, 1.165) is 35.9 Å². The van der Waals surface area contributed by atoms with Crippen molar-refractivity contribution in [3.8, 4) is 11.8 Å². The molecule has 0 amide bonds. The zero-order chi connectivity index (χ0) is 26.4. The highest BCUT2D eigenvalue weighted by Crippen LogP contribution is 2.39. The van der Waals surface area contributed by atoms with Crippen LogP contribution < -0.4 is 15.4 Å². The maximum Gasteiger partial charge on any atom is 0.282 e. The molecule has 2 unspecified atom stereocenters. The zero-order valence-corrected chi connectivity index (χ0v) is 22.2. The third-order valence-corrected chi connectivity index (χ3v) is 9.80. The normalized spacial score (nSPS) is 24.5. The maximum atomic E-state index is 13.4. The lowest BCUT2D eigenvalue weighted by atomic mass is 9.84. The van der Waals surface area contributed by atoms with Crippen LogP contribution in [0.4, 0.5) is 17.6 Å². The van der Waals surface area contributed by atoms with Crippen LogP contribution in [-0.2, 0) is 10.2 Å². The molecule has 12 nitrogen and oxygen atoms in total. The Balaban J connectivity index is 1.25. The molecule has 2 bridgehead atoms. The van der Waals surface area contributed by atoms with Crippen LogP contribution in [-0.4, -0.2) is 75.5 Å². The number of H-pyrrole nitrogens is 1. The highest BCUT2D eigenvalue weighted by Gasteiger charge is 2.49. The van der Waals surface area contributed by atoms with Gasteiger partial charge in [0.05, 0.1) is 24.6 Å². The summed E-state index contributed by atoms with van der Waals surface area (Å²) in [6, 6.07) is 9.58. The fourth-order valence-electron chi connectivity index (χ4n) is 5.86. The van der Waals surface area contributed by atoms with Gasteiger partial charge in [-0.05, 0) is 44.7 Å². The lowest BCUT2D eigenvalue weighted by Crippen LogP contribution is -2.63. The Labute approximate surface area is 221 Å². The van der Waals surface area contributed by atoms with Crippen LogP contribution in [0.15, 0.2) is 24.3 Å². The van der Waals surface area contributed by atoms with Crippen molar-refractivity contribution in [3.05, 3.63) is 30.0 Å². The highest BCUT2D eigenvalue weighted by atomic mass is 32.2. The first kappa shape index (κ1) is 24.8.